The van der Waals surface area contributed by atoms with Crippen molar-refractivity contribution in [2.75, 3.05) is 25.0 Å². The second-order valence-corrected chi connectivity index (χ2v) is 7.36. The van der Waals surface area contributed by atoms with Crippen molar-refractivity contribution in [3.63, 3.8) is 0 Å². The maximum atomic E-state index is 5.26. The summed E-state index contributed by atoms with van der Waals surface area (Å²) in [5.41, 5.74) is 2.08. The Labute approximate surface area is 137 Å². The van der Waals surface area contributed by atoms with Gasteiger partial charge in [-0.3, -0.25) is 4.90 Å². The average molecular weight is 315 g/mol. The molecule has 0 amide bonds. The Morgan fingerprint density at radius 3 is 2.52 bits per heavy atom. The molecule has 0 radical (unpaired) electrons. The number of rotatable bonds is 4. The lowest BCUT2D eigenvalue weighted by Crippen LogP contribution is -2.58. The highest BCUT2D eigenvalue weighted by molar-refractivity contribution is 5.42. The number of oxazole rings is 1. The van der Waals surface area contributed by atoms with E-state index in [1.54, 1.807) is 0 Å². The minimum atomic E-state index is 0.0404. The van der Waals surface area contributed by atoms with Crippen LogP contribution in [0.5, 0.6) is 0 Å². The predicted octanol–water partition coefficient (Wildman–Crippen LogP) is 2.39. The molecule has 6 heteroatoms. The molecule has 6 nitrogen and oxygen atoms in total. The van der Waals surface area contributed by atoms with E-state index in [2.05, 4.69) is 64.9 Å². The van der Waals surface area contributed by atoms with Crippen molar-refractivity contribution in [1.82, 2.24) is 20.1 Å². The van der Waals surface area contributed by atoms with Gasteiger partial charge in [-0.25, -0.2) is 4.98 Å². The SMILES string of the molecule is Cc1ocnc1CN(C)C1CN(c2ccc(C(C)(C)C)nn2)C1. The lowest BCUT2D eigenvalue weighted by molar-refractivity contribution is 0.194. The van der Waals surface area contributed by atoms with Gasteiger partial charge in [-0.15, -0.1) is 5.10 Å². The van der Waals surface area contributed by atoms with Gasteiger partial charge in [0.2, 0.25) is 0 Å². The van der Waals surface area contributed by atoms with Crippen molar-refractivity contribution in [2.45, 2.75) is 45.7 Å². The number of aryl methyl sites for hydroxylation is 1. The molecule has 1 aliphatic rings. The molecular formula is C17H25N5O. The highest BCUT2D eigenvalue weighted by Crippen LogP contribution is 2.24. The molecule has 3 rings (SSSR count). The van der Waals surface area contributed by atoms with Crippen LogP contribution in [0.4, 0.5) is 5.82 Å². The second kappa shape index (κ2) is 5.92. The Bertz CT molecular complexity index is 652. The third kappa shape index (κ3) is 3.37. The zero-order chi connectivity index (χ0) is 16.6. The largest absolute Gasteiger partial charge is 0.448 e. The Kier molecular flexibility index (Phi) is 4.10. The summed E-state index contributed by atoms with van der Waals surface area (Å²) in [7, 11) is 2.13. The quantitative estimate of drug-likeness (QED) is 0.863. The predicted molar refractivity (Wildman–Crippen MR) is 89.4 cm³/mol. The van der Waals surface area contributed by atoms with Crippen LogP contribution in [0.15, 0.2) is 22.9 Å². The van der Waals surface area contributed by atoms with E-state index in [1.807, 2.05) is 6.92 Å². The highest BCUT2D eigenvalue weighted by Gasteiger charge is 2.31. The lowest BCUT2D eigenvalue weighted by Gasteiger charge is -2.44. The number of aromatic nitrogens is 3. The first-order valence-electron chi connectivity index (χ1n) is 8.03. The molecule has 1 aliphatic heterocycles. The Hall–Kier alpha value is -1.95. The zero-order valence-corrected chi connectivity index (χ0v) is 14.6. The van der Waals surface area contributed by atoms with Crippen molar-refractivity contribution in [1.29, 1.82) is 0 Å². The van der Waals surface area contributed by atoms with Crippen LogP contribution in [0.25, 0.3) is 0 Å². The van der Waals surface area contributed by atoms with E-state index in [1.165, 1.54) is 6.39 Å². The molecule has 1 saturated heterocycles. The molecule has 0 spiro atoms. The van der Waals surface area contributed by atoms with Gasteiger partial charge >= 0.3 is 0 Å². The average Bonchev–Trinajstić information content (AvgIpc) is 2.82. The van der Waals surface area contributed by atoms with Crippen LogP contribution < -0.4 is 4.90 Å². The van der Waals surface area contributed by atoms with Gasteiger partial charge in [-0.05, 0) is 26.1 Å². The zero-order valence-electron chi connectivity index (χ0n) is 14.6. The normalized spacial score (nSPS) is 16.0. The number of hydrogen-bond acceptors (Lipinski definition) is 6. The molecule has 0 atom stereocenters. The summed E-state index contributed by atoms with van der Waals surface area (Å²) in [5.74, 6) is 1.86. The van der Waals surface area contributed by atoms with Crippen molar-refractivity contribution >= 4 is 5.82 Å². The third-order valence-electron chi connectivity index (χ3n) is 4.47. The minimum absolute atomic E-state index is 0.0404. The Morgan fingerprint density at radius 2 is 2.00 bits per heavy atom. The summed E-state index contributed by atoms with van der Waals surface area (Å²) in [4.78, 5) is 8.84. The lowest BCUT2D eigenvalue weighted by atomic mass is 9.92. The molecule has 3 heterocycles. The van der Waals surface area contributed by atoms with Gasteiger partial charge in [0.05, 0.1) is 11.4 Å². The van der Waals surface area contributed by atoms with E-state index in [9.17, 15) is 0 Å². The van der Waals surface area contributed by atoms with Gasteiger partial charge in [-0.1, -0.05) is 20.8 Å². The van der Waals surface area contributed by atoms with Gasteiger partial charge in [0.25, 0.3) is 0 Å². The second-order valence-electron chi connectivity index (χ2n) is 7.36. The van der Waals surface area contributed by atoms with Crippen LogP contribution >= 0.6 is 0 Å². The topological polar surface area (TPSA) is 58.3 Å². The molecule has 0 aliphatic carbocycles. The van der Waals surface area contributed by atoms with Crippen molar-refractivity contribution < 1.29 is 4.42 Å². The fourth-order valence-electron chi connectivity index (χ4n) is 2.66. The fourth-order valence-corrected chi connectivity index (χ4v) is 2.66. The summed E-state index contributed by atoms with van der Waals surface area (Å²) >= 11 is 0. The van der Waals surface area contributed by atoms with Crippen LogP contribution in [-0.4, -0.2) is 46.3 Å². The van der Waals surface area contributed by atoms with Gasteiger partial charge in [0.15, 0.2) is 12.2 Å². The number of nitrogens with zero attached hydrogens (tertiary/aromatic N) is 5. The highest BCUT2D eigenvalue weighted by atomic mass is 16.3. The maximum Gasteiger partial charge on any atom is 0.181 e. The smallest absolute Gasteiger partial charge is 0.181 e. The first kappa shape index (κ1) is 15.9. The van der Waals surface area contributed by atoms with E-state index in [-0.39, 0.29) is 5.41 Å². The first-order valence-corrected chi connectivity index (χ1v) is 8.03. The summed E-state index contributed by atoms with van der Waals surface area (Å²) in [5, 5.41) is 8.75. The molecule has 1 fully saturated rings. The van der Waals surface area contributed by atoms with Crippen LogP contribution in [0.2, 0.25) is 0 Å². The summed E-state index contributed by atoms with van der Waals surface area (Å²) in [6.07, 6.45) is 1.51. The van der Waals surface area contributed by atoms with Crippen LogP contribution in [0.3, 0.4) is 0 Å². The minimum Gasteiger partial charge on any atom is -0.448 e. The molecule has 23 heavy (non-hydrogen) atoms. The molecular weight excluding hydrogens is 290 g/mol. The van der Waals surface area contributed by atoms with Crippen molar-refractivity contribution in [2.24, 2.45) is 0 Å². The summed E-state index contributed by atoms with van der Waals surface area (Å²) in [6, 6.07) is 4.67. The van der Waals surface area contributed by atoms with E-state index in [4.69, 9.17) is 4.42 Å². The van der Waals surface area contributed by atoms with Crippen LogP contribution in [0, 0.1) is 6.92 Å². The van der Waals surface area contributed by atoms with E-state index in [0.29, 0.717) is 6.04 Å². The molecule has 0 N–H and O–H groups in total. The van der Waals surface area contributed by atoms with E-state index in [0.717, 1.165) is 42.6 Å². The molecule has 0 aromatic carbocycles. The molecule has 2 aromatic rings. The molecule has 2 aromatic heterocycles. The van der Waals surface area contributed by atoms with Crippen molar-refractivity contribution in [3.05, 3.63) is 35.7 Å². The van der Waals surface area contributed by atoms with Crippen LogP contribution in [-0.2, 0) is 12.0 Å². The molecule has 0 unspecified atom stereocenters. The fraction of sp³-hybridized carbons (Fsp3) is 0.588. The number of likely N-dealkylation sites (N-methyl/N-ethyl adjacent to an activating group) is 1. The molecule has 124 valence electrons. The van der Waals surface area contributed by atoms with E-state index < -0.39 is 0 Å². The molecule has 0 saturated carbocycles. The van der Waals surface area contributed by atoms with Crippen molar-refractivity contribution in [3.8, 4) is 0 Å². The Balaban J connectivity index is 1.55. The van der Waals surface area contributed by atoms with Gasteiger partial charge in [0.1, 0.15) is 5.76 Å². The standard InChI is InChI=1S/C17H25N5O/c1-12-14(18-11-23-12)10-21(5)13-8-22(9-13)16-7-6-15(19-20-16)17(2,3)4/h6-7,11,13H,8-10H2,1-5H3. The summed E-state index contributed by atoms with van der Waals surface area (Å²) < 4.78 is 5.26. The summed E-state index contributed by atoms with van der Waals surface area (Å²) in [6.45, 7) is 11.2. The van der Waals surface area contributed by atoms with Gasteiger partial charge in [0, 0.05) is 31.1 Å². The molecule has 0 bridgehead atoms. The number of hydrogen-bond donors (Lipinski definition) is 0. The number of anilines is 1. The monoisotopic (exact) mass is 315 g/mol. The van der Waals surface area contributed by atoms with Crippen LogP contribution in [0.1, 0.15) is 37.9 Å². The first-order chi connectivity index (χ1) is 10.8. The third-order valence-corrected chi connectivity index (χ3v) is 4.47. The van der Waals surface area contributed by atoms with E-state index >= 15 is 0 Å². The Morgan fingerprint density at radius 1 is 1.26 bits per heavy atom. The van der Waals surface area contributed by atoms with Gasteiger partial charge in [-0.2, -0.15) is 5.10 Å². The van der Waals surface area contributed by atoms with Gasteiger partial charge < -0.3 is 9.32 Å². The maximum absolute atomic E-state index is 5.26.